The molecule has 3 heterocycles. The van der Waals surface area contributed by atoms with Gasteiger partial charge in [0.25, 0.3) is 0 Å². The number of benzene rings is 1. The average molecular weight is 350 g/mol. The predicted molar refractivity (Wildman–Crippen MR) is 103 cm³/mol. The zero-order chi connectivity index (χ0) is 17.9. The first-order chi connectivity index (χ1) is 12.7. The lowest BCUT2D eigenvalue weighted by Gasteiger charge is -2.27. The molecule has 26 heavy (non-hydrogen) atoms. The Balaban J connectivity index is 1.33. The number of urea groups is 1. The molecule has 0 spiro atoms. The number of carbonyl (C=O) groups is 1. The van der Waals surface area contributed by atoms with Crippen LogP contribution >= 0.6 is 0 Å². The summed E-state index contributed by atoms with van der Waals surface area (Å²) in [7, 11) is 2.18. The molecule has 1 atom stereocenters. The largest absolute Gasteiger partial charge is 0.324 e. The molecule has 0 bridgehead atoms. The number of anilines is 1. The lowest BCUT2D eigenvalue weighted by molar-refractivity contribution is 0.205. The normalized spacial score (nSPS) is 19.2. The molecule has 5 heteroatoms. The maximum absolute atomic E-state index is 13.0. The molecular formula is C21H26N4O. The number of fused-ring (bicyclic) bond motifs is 1. The predicted octanol–water partition coefficient (Wildman–Crippen LogP) is 2.81. The van der Waals surface area contributed by atoms with Gasteiger partial charge in [0.1, 0.15) is 0 Å². The number of aromatic nitrogens is 1. The molecular weight excluding hydrogens is 324 g/mol. The number of likely N-dealkylation sites (N-methyl/N-ethyl adjacent to an activating group) is 1. The van der Waals surface area contributed by atoms with Crippen molar-refractivity contribution in [1.82, 2.24) is 14.8 Å². The van der Waals surface area contributed by atoms with Crippen LogP contribution in [0.2, 0.25) is 0 Å². The SMILES string of the molecule is CN(CCc1ccccc1)C1CCN(C(=O)N2CCc3ncccc32)C1. The lowest BCUT2D eigenvalue weighted by Crippen LogP contribution is -2.43. The third kappa shape index (κ3) is 3.44. The number of hydrogen-bond donors (Lipinski definition) is 0. The summed E-state index contributed by atoms with van der Waals surface area (Å²) in [6, 6.07) is 15.1. The molecule has 0 radical (unpaired) electrons. The number of nitrogens with zero attached hydrogens (tertiary/aromatic N) is 4. The van der Waals surface area contributed by atoms with Crippen LogP contribution in [0.1, 0.15) is 17.7 Å². The van der Waals surface area contributed by atoms with E-state index < -0.39 is 0 Å². The van der Waals surface area contributed by atoms with E-state index in [4.69, 9.17) is 0 Å². The third-order valence-electron chi connectivity index (χ3n) is 5.61. The van der Waals surface area contributed by atoms with Crippen molar-refractivity contribution in [3.05, 3.63) is 59.9 Å². The fourth-order valence-electron chi connectivity index (χ4n) is 3.98. The second kappa shape index (κ2) is 7.46. The molecule has 0 aliphatic carbocycles. The zero-order valence-electron chi connectivity index (χ0n) is 15.3. The Morgan fingerprint density at radius 3 is 2.88 bits per heavy atom. The maximum Gasteiger partial charge on any atom is 0.324 e. The van der Waals surface area contributed by atoms with Crippen molar-refractivity contribution in [3.8, 4) is 0 Å². The smallest absolute Gasteiger partial charge is 0.323 e. The first kappa shape index (κ1) is 17.0. The highest BCUT2D eigenvalue weighted by atomic mass is 16.2. The van der Waals surface area contributed by atoms with Gasteiger partial charge in [-0.2, -0.15) is 0 Å². The molecule has 1 aromatic carbocycles. The maximum atomic E-state index is 13.0. The van der Waals surface area contributed by atoms with Crippen LogP contribution in [-0.4, -0.2) is 60.1 Å². The highest BCUT2D eigenvalue weighted by molar-refractivity contribution is 5.94. The van der Waals surface area contributed by atoms with Gasteiger partial charge in [-0.05, 0) is 37.6 Å². The van der Waals surface area contributed by atoms with Crippen molar-refractivity contribution < 1.29 is 4.79 Å². The quantitative estimate of drug-likeness (QED) is 0.851. The van der Waals surface area contributed by atoms with Crippen molar-refractivity contribution in [2.45, 2.75) is 25.3 Å². The molecule has 2 amide bonds. The minimum Gasteiger partial charge on any atom is -0.323 e. The van der Waals surface area contributed by atoms with Crippen molar-refractivity contribution in [2.24, 2.45) is 0 Å². The van der Waals surface area contributed by atoms with E-state index in [1.807, 2.05) is 21.9 Å². The topological polar surface area (TPSA) is 39.7 Å². The fraction of sp³-hybridized carbons (Fsp3) is 0.429. The Bertz CT molecular complexity index is 764. The standard InChI is InChI=1S/C21H26N4O/c1-23(13-9-17-6-3-2-4-7-17)18-10-14-24(16-18)21(26)25-15-11-19-20(25)8-5-12-22-19/h2-8,12,18H,9-11,13-16H2,1H3. The van der Waals surface area contributed by atoms with E-state index in [0.29, 0.717) is 6.04 Å². The van der Waals surface area contributed by atoms with E-state index in [1.165, 1.54) is 5.56 Å². The van der Waals surface area contributed by atoms with Crippen LogP contribution in [0.5, 0.6) is 0 Å². The van der Waals surface area contributed by atoms with Crippen LogP contribution in [0.15, 0.2) is 48.7 Å². The first-order valence-electron chi connectivity index (χ1n) is 9.47. The Kier molecular flexibility index (Phi) is 4.89. The Morgan fingerprint density at radius 2 is 2.04 bits per heavy atom. The van der Waals surface area contributed by atoms with E-state index in [9.17, 15) is 4.79 Å². The van der Waals surface area contributed by atoms with Crippen LogP contribution in [0.4, 0.5) is 10.5 Å². The van der Waals surface area contributed by atoms with Crippen molar-refractivity contribution >= 4 is 11.7 Å². The lowest BCUT2D eigenvalue weighted by atomic mass is 10.1. The second-order valence-electron chi connectivity index (χ2n) is 7.26. The molecule has 1 unspecified atom stereocenters. The summed E-state index contributed by atoms with van der Waals surface area (Å²) in [6.45, 7) is 3.42. The zero-order valence-corrected chi connectivity index (χ0v) is 15.3. The molecule has 1 saturated heterocycles. The van der Waals surface area contributed by atoms with Gasteiger partial charge in [0, 0.05) is 44.8 Å². The third-order valence-corrected chi connectivity index (χ3v) is 5.61. The molecule has 0 N–H and O–H groups in total. The summed E-state index contributed by atoms with van der Waals surface area (Å²) in [5.41, 5.74) is 3.39. The Hall–Kier alpha value is -2.40. The molecule has 5 nitrogen and oxygen atoms in total. The summed E-state index contributed by atoms with van der Waals surface area (Å²) in [5.74, 6) is 0. The van der Waals surface area contributed by atoms with Gasteiger partial charge in [-0.15, -0.1) is 0 Å². The summed E-state index contributed by atoms with van der Waals surface area (Å²) < 4.78 is 0. The minimum atomic E-state index is 0.135. The molecule has 2 aliphatic rings. The molecule has 4 rings (SSSR count). The van der Waals surface area contributed by atoms with Crippen molar-refractivity contribution in [1.29, 1.82) is 0 Å². The van der Waals surface area contributed by atoms with Crippen molar-refractivity contribution in [2.75, 3.05) is 38.1 Å². The number of pyridine rings is 1. The molecule has 1 fully saturated rings. The number of hydrogen-bond acceptors (Lipinski definition) is 3. The van der Waals surface area contributed by atoms with Gasteiger partial charge in [-0.25, -0.2) is 4.79 Å². The summed E-state index contributed by atoms with van der Waals surface area (Å²) >= 11 is 0. The van der Waals surface area contributed by atoms with E-state index in [2.05, 4.69) is 47.3 Å². The number of amides is 2. The average Bonchev–Trinajstić information content (AvgIpc) is 3.34. The molecule has 2 aromatic rings. The molecule has 1 aromatic heterocycles. The fourth-order valence-corrected chi connectivity index (χ4v) is 3.98. The number of carbonyl (C=O) groups excluding carboxylic acids is 1. The Labute approximate surface area is 155 Å². The van der Waals surface area contributed by atoms with Gasteiger partial charge in [0.2, 0.25) is 0 Å². The van der Waals surface area contributed by atoms with Crippen LogP contribution in [0.3, 0.4) is 0 Å². The molecule has 136 valence electrons. The van der Waals surface area contributed by atoms with Gasteiger partial charge in [0.05, 0.1) is 11.4 Å². The van der Waals surface area contributed by atoms with Gasteiger partial charge in [-0.1, -0.05) is 30.3 Å². The van der Waals surface area contributed by atoms with Gasteiger partial charge in [0.15, 0.2) is 0 Å². The monoisotopic (exact) mass is 350 g/mol. The van der Waals surface area contributed by atoms with Crippen LogP contribution < -0.4 is 4.90 Å². The number of rotatable bonds is 4. The second-order valence-corrected chi connectivity index (χ2v) is 7.26. The van der Waals surface area contributed by atoms with Crippen LogP contribution in [0, 0.1) is 0 Å². The van der Waals surface area contributed by atoms with Gasteiger partial charge < -0.3 is 9.80 Å². The molecule has 2 aliphatic heterocycles. The van der Waals surface area contributed by atoms with Crippen molar-refractivity contribution in [3.63, 3.8) is 0 Å². The Morgan fingerprint density at radius 1 is 1.19 bits per heavy atom. The minimum absolute atomic E-state index is 0.135. The van der Waals surface area contributed by atoms with E-state index in [-0.39, 0.29) is 6.03 Å². The van der Waals surface area contributed by atoms with Crippen LogP contribution in [0.25, 0.3) is 0 Å². The van der Waals surface area contributed by atoms with Gasteiger partial charge >= 0.3 is 6.03 Å². The first-order valence-corrected chi connectivity index (χ1v) is 9.47. The summed E-state index contributed by atoms with van der Waals surface area (Å²) in [4.78, 5) is 23.7. The summed E-state index contributed by atoms with van der Waals surface area (Å²) in [5, 5.41) is 0. The van der Waals surface area contributed by atoms with Gasteiger partial charge in [-0.3, -0.25) is 9.88 Å². The molecule has 0 saturated carbocycles. The number of likely N-dealkylation sites (tertiary alicyclic amines) is 1. The van der Waals surface area contributed by atoms with E-state index in [1.54, 1.807) is 6.20 Å². The highest BCUT2D eigenvalue weighted by Crippen LogP contribution is 2.28. The van der Waals surface area contributed by atoms with Crippen LogP contribution in [-0.2, 0) is 12.8 Å². The van der Waals surface area contributed by atoms with E-state index in [0.717, 1.165) is 56.8 Å². The van der Waals surface area contributed by atoms with E-state index >= 15 is 0 Å². The summed E-state index contributed by atoms with van der Waals surface area (Å²) in [6.07, 6.45) is 4.76. The highest BCUT2D eigenvalue weighted by Gasteiger charge is 2.34.